The highest BCUT2D eigenvalue weighted by molar-refractivity contribution is 6.14. The third-order valence-corrected chi connectivity index (χ3v) is 12.6. The molecule has 0 unspecified atom stereocenters. The van der Waals surface area contributed by atoms with E-state index in [1.807, 2.05) is 24.4 Å². The van der Waals surface area contributed by atoms with Crippen molar-refractivity contribution in [3.05, 3.63) is 236 Å². The lowest BCUT2D eigenvalue weighted by atomic mass is 10.0. The lowest BCUT2D eigenvalue weighted by molar-refractivity contribution is 1.06. The lowest BCUT2D eigenvalue weighted by Gasteiger charge is -2.19. The van der Waals surface area contributed by atoms with E-state index in [1.165, 1.54) is 11.1 Å². The van der Waals surface area contributed by atoms with Gasteiger partial charge in [-0.25, -0.2) is 4.98 Å². The van der Waals surface area contributed by atoms with Crippen molar-refractivity contribution >= 4 is 43.6 Å². The van der Waals surface area contributed by atoms with Crippen molar-refractivity contribution < 1.29 is 0 Å². The Bertz CT molecular complexity index is 3350. The van der Waals surface area contributed by atoms with E-state index in [1.54, 1.807) is 0 Å². The summed E-state index contributed by atoms with van der Waals surface area (Å²) in [4.78, 5) is 5.32. The third-order valence-electron chi connectivity index (χ3n) is 12.6. The molecular weight excluding hydrogens is 777 g/mol. The van der Waals surface area contributed by atoms with Crippen molar-refractivity contribution in [2.24, 2.45) is 0 Å². The van der Waals surface area contributed by atoms with Crippen molar-refractivity contribution in [3.63, 3.8) is 0 Å². The molecule has 0 aliphatic heterocycles. The fourth-order valence-electron chi connectivity index (χ4n) is 9.59. The average molecular weight is 815 g/mol. The van der Waals surface area contributed by atoms with Gasteiger partial charge in [0, 0.05) is 33.3 Å². The minimum Gasteiger partial charge on any atom is -0.308 e. The SMILES string of the molecule is N#Cc1cccc(-c2c(-n3c4ccc(-c5ccccc5)cc4c4cc(-c5ccccc5)ccc43)ccnc2-n2c3ccc(-c4ccccc4)cc3c3cc(-c4ccccc4)ccc32)c1. The summed E-state index contributed by atoms with van der Waals surface area (Å²) in [6.07, 6.45) is 1.94. The molecular formula is C60H38N4. The maximum Gasteiger partial charge on any atom is 0.147 e. The second kappa shape index (κ2) is 15.3. The van der Waals surface area contributed by atoms with Crippen molar-refractivity contribution in [1.82, 2.24) is 14.1 Å². The Kier molecular flexibility index (Phi) is 8.84. The van der Waals surface area contributed by atoms with Gasteiger partial charge in [-0.3, -0.25) is 4.57 Å². The predicted molar refractivity (Wildman–Crippen MR) is 265 cm³/mol. The van der Waals surface area contributed by atoms with E-state index in [0.717, 1.165) is 99.6 Å². The minimum absolute atomic E-state index is 0.586. The minimum atomic E-state index is 0.586. The fourth-order valence-corrected chi connectivity index (χ4v) is 9.59. The molecule has 0 spiro atoms. The van der Waals surface area contributed by atoms with Gasteiger partial charge in [0.15, 0.2) is 0 Å². The van der Waals surface area contributed by atoms with Gasteiger partial charge >= 0.3 is 0 Å². The van der Waals surface area contributed by atoms with E-state index >= 15 is 0 Å². The summed E-state index contributed by atoms with van der Waals surface area (Å²) < 4.78 is 4.71. The Morgan fingerprint density at radius 1 is 0.328 bits per heavy atom. The normalized spacial score (nSPS) is 11.4. The van der Waals surface area contributed by atoms with Crippen LogP contribution in [0.2, 0.25) is 0 Å². The summed E-state index contributed by atoms with van der Waals surface area (Å²) in [5, 5.41) is 14.9. The number of hydrogen-bond donors (Lipinski definition) is 0. The van der Waals surface area contributed by atoms with Crippen LogP contribution in [-0.2, 0) is 0 Å². The first kappa shape index (κ1) is 37.0. The zero-order valence-electron chi connectivity index (χ0n) is 34.7. The first-order valence-electron chi connectivity index (χ1n) is 21.6. The number of nitrogens with zero attached hydrogens (tertiary/aromatic N) is 4. The largest absolute Gasteiger partial charge is 0.308 e. The van der Waals surface area contributed by atoms with Gasteiger partial charge in [0.1, 0.15) is 5.82 Å². The fraction of sp³-hybridized carbons (Fsp3) is 0. The molecule has 0 atom stereocenters. The molecule has 0 radical (unpaired) electrons. The van der Waals surface area contributed by atoms with Crippen molar-refractivity contribution in [1.29, 1.82) is 5.26 Å². The van der Waals surface area contributed by atoms with Gasteiger partial charge in [0.25, 0.3) is 0 Å². The molecule has 0 aliphatic rings. The van der Waals surface area contributed by atoms with Crippen LogP contribution in [0.3, 0.4) is 0 Å². The van der Waals surface area contributed by atoms with Crippen LogP contribution >= 0.6 is 0 Å². The van der Waals surface area contributed by atoms with Crippen LogP contribution in [0.1, 0.15) is 5.56 Å². The van der Waals surface area contributed by atoms with Gasteiger partial charge in [-0.1, -0.05) is 158 Å². The molecule has 3 heterocycles. The number of aromatic nitrogens is 3. The molecule has 0 saturated heterocycles. The first-order chi connectivity index (χ1) is 31.7. The monoisotopic (exact) mass is 814 g/mol. The quantitative estimate of drug-likeness (QED) is 0.161. The highest BCUT2D eigenvalue weighted by Crippen LogP contribution is 2.44. The molecule has 12 aromatic rings. The summed E-state index contributed by atoms with van der Waals surface area (Å²) in [6, 6.07) is 82.0. The molecule has 0 amide bonds. The maximum absolute atomic E-state index is 10.3. The Hall–Kier alpha value is -8.78. The van der Waals surface area contributed by atoms with Crippen LogP contribution in [0.5, 0.6) is 0 Å². The van der Waals surface area contributed by atoms with E-state index in [0.29, 0.717) is 5.56 Å². The molecule has 0 fully saturated rings. The Labute approximate surface area is 370 Å². The van der Waals surface area contributed by atoms with Crippen LogP contribution in [0.4, 0.5) is 0 Å². The van der Waals surface area contributed by atoms with Gasteiger partial charge in [0.05, 0.1) is 39.4 Å². The molecule has 298 valence electrons. The molecule has 64 heavy (non-hydrogen) atoms. The Morgan fingerprint density at radius 3 is 1.09 bits per heavy atom. The summed E-state index contributed by atoms with van der Waals surface area (Å²) >= 11 is 0. The summed E-state index contributed by atoms with van der Waals surface area (Å²) in [5.41, 5.74) is 16.9. The standard InChI is InChI=1S/C60H38N4/c61-39-40-14-13-23-49(34-40)59-58(63-54-28-24-45(41-15-5-1-6-16-41)35-50(54)51-36-46(25-29-55(51)63)42-17-7-2-8-18-42)32-33-62-60(59)64-56-30-26-47(43-19-9-3-10-20-43)37-52(56)53-38-48(27-31-57(53)64)44-21-11-4-12-22-44/h1-38H. The molecule has 0 bridgehead atoms. The summed E-state index contributed by atoms with van der Waals surface area (Å²) in [7, 11) is 0. The third kappa shape index (κ3) is 6.18. The zero-order valence-corrected chi connectivity index (χ0v) is 34.7. The molecule has 4 heteroatoms. The van der Waals surface area contributed by atoms with Crippen molar-refractivity contribution in [3.8, 4) is 73.2 Å². The highest BCUT2D eigenvalue weighted by atomic mass is 15.1. The van der Waals surface area contributed by atoms with Gasteiger partial charge in [-0.2, -0.15) is 5.26 Å². The molecule has 12 rings (SSSR count). The number of fused-ring (bicyclic) bond motifs is 6. The van der Waals surface area contributed by atoms with E-state index in [-0.39, 0.29) is 0 Å². The van der Waals surface area contributed by atoms with Crippen LogP contribution in [0, 0.1) is 11.3 Å². The van der Waals surface area contributed by atoms with Crippen LogP contribution in [0.15, 0.2) is 231 Å². The van der Waals surface area contributed by atoms with E-state index < -0.39 is 0 Å². The summed E-state index contributed by atoms with van der Waals surface area (Å²) in [5.74, 6) is 0.782. The highest BCUT2D eigenvalue weighted by Gasteiger charge is 2.24. The second-order valence-electron chi connectivity index (χ2n) is 16.3. The topological polar surface area (TPSA) is 46.5 Å². The smallest absolute Gasteiger partial charge is 0.147 e. The van der Waals surface area contributed by atoms with Crippen LogP contribution in [0.25, 0.3) is 111 Å². The van der Waals surface area contributed by atoms with Crippen molar-refractivity contribution in [2.75, 3.05) is 0 Å². The van der Waals surface area contributed by atoms with Gasteiger partial charge < -0.3 is 4.57 Å². The number of nitriles is 1. The van der Waals surface area contributed by atoms with E-state index in [2.05, 4.69) is 221 Å². The number of hydrogen-bond acceptors (Lipinski definition) is 2. The number of rotatable bonds is 7. The zero-order chi connectivity index (χ0) is 42.6. The molecule has 4 nitrogen and oxygen atoms in total. The molecule has 3 aromatic heterocycles. The lowest BCUT2D eigenvalue weighted by Crippen LogP contribution is -2.06. The second-order valence-corrected chi connectivity index (χ2v) is 16.3. The van der Waals surface area contributed by atoms with E-state index in [4.69, 9.17) is 4.98 Å². The van der Waals surface area contributed by atoms with Crippen molar-refractivity contribution in [2.45, 2.75) is 0 Å². The van der Waals surface area contributed by atoms with E-state index in [9.17, 15) is 5.26 Å². The van der Waals surface area contributed by atoms with Gasteiger partial charge in [-0.15, -0.1) is 0 Å². The first-order valence-corrected chi connectivity index (χ1v) is 21.6. The van der Waals surface area contributed by atoms with Gasteiger partial charge in [0.2, 0.25) is 0 Å². The summed E-state index contributed by atoms with van der Waals surface area (Å²) in [6.45, 7) is 0. The number of pyridine rings is 1. The van der Waals surface area contributed by atoms with Crippen LogP contribution in [-0.4, -0.2) is 14.1 Å². The Balaban J connectivity index is 1.18. The molecule has 9 aromatic carbocycles. The van der Waals surface area contributed by atoms with Gasteiger partial charge in [-0.05, 0) is 117 Å². The molecule has 0 aliphatic carbocycles. The maximum atomic E-state index is 10.3. The average Bonchev–Trinajstić information content (AvgIpc) is 3.88. The number of benzene rings is 9. The predicted octanol–water partition coefficient (Wildman–Crippen LogP) is 15.5. The van der Waals surface area contributed by atoms with Crippen LogP contribution < -0.4 is 0 Å². The Morgan fingerprint density at radius 2 is 0.703 bits per heavy atom. The molecule has 0 saturated carbocycles. The molecule has 0 N–H and O–H groups in total.